The minimum absolute atomic E-state index is 0.00624. The topological polar surface area (TPSA) is 69.3 Å². The van der Waals surface area contributed by atoms with Gasteiger partial charge in [-0.25, -0.2) is 4.98 Å². The maximum atomic E-state index is 12.6. The number of carbonyl (C=O) groups is 2. The first-order chi connectivity index (χ1) is 12.2. The molecule has 0 atom stereocenters. The summed E-state index contributed by atoms with van der Waals surface area (Å²) in [5.41, 5.74) is 2.86. The first-order valence-electron chi connectivity index (χ1n) is 9.22. The van der Waals surface area contributed by atoms with Crippen LogP contribution in [-0.4, -0.2) is 57.8 Å². The predicted molar refractivity (Wildman–Crippen MR) is 102 cm³/mol. The summed E-state index contributed by atoms with van der Waals surface area (Å²) >= 11 is 0. The van der Waals surface area contributed by atoms with Gasteiger partial charge in [-0.15, -0.1) is 0 Å². The van der Waals surface area contributed by atoms with Gasteiger partial charge in [-0.05, 0) is 30.0 Å². The Hall–Kier alpha value is -2.37. The monoisotopic (exact) mass is 356 g/mol. The Labute approximate surface area is 154 Å². The number of rotatable bonds is 3. The highest BCUT2D eigenvalue weighted by Gasteiger charge is 2.26. The van der Waals surface area contributed by atoms with Crippen LogP contribution < -0.4 is 0 Å². The van der Waals surface area contributed by atoms with E-state index in [0.717, 1.165) is 22.4 Å². The zero-order valence-corrected chi connectivity index (χ0v) is 16.1. The first-order valence-corrected chi connectivity index (χ1v) is 9.22. The van der Waals surface area contributed by atoms with Crippen molar-refractivity contribution in [3.8, 4) is 0 Å². The van der Waals surface area contributed by atoms with Gasteiger partial charge < -0.3 is 14.8 Å². The number of amides is 2. The third-order valence-electron chi connectivity index (χ3n) is 4.69. The molecule has 1 saturated heterocycles. The summed E-state index contributed by atoms with van der Waals surface area (Å²) in [6.07, 6.45) is 0.925. The highest BCUT2D eigenvalue weighted by Crippen LogP contribution is 2.20. The predicted octanol–water partition coefficient (Wildman–Crippen LogP) is 2.52. The summed E-state index contributed by atoms with van der Waals surface area (Å²) < 4.78 is 0. The van der Waals surface area contributed by atoms with Crippen LogP contribution in [-0.2, 0) is 16.0 Å². The van der Waals surface area contributed by atoms with E-state index in [1.54, 1.807) is 0 Å². The molecule has 0 radical (unpaired) electrons. The minimum atomic E-state index is -0.00624. The molecule has 0 aliphatic carbocycles. The maximum Gasteiger partial charge on any atom is 0.227 e. The van der Waals surface area contributed by atoms with E-state index in [-0.39, 0.29) is 17.2 Å². The van der Waals surface area contributed by atoms with Crippen molar-refractivity contribution in [2.75, 3.05) is 26.2 Å². The molecule has 1 fully saturated rings. The van der Waals surface area contributed by atoms with Crippen LogP contribution in [0.1, 0.15) is 38.6 Å². The summed E-state index contributed by atoms with van der Waals surface area (Å²) in [5, 5.41) is 0. The highest BCUT2D eigenvalue weighted by atomic mass is 16.2. The number of aromatic amines is 1. The minimum Gasteiger partial charge on any atom is -0.342 e. The third-order valence-corrected chi connectivity index (χ3v) is 4.69. The molecule has 1 aliphatic rings. The van der Waals surface area contributed by atoms with Gasteiger partial charge in [0.15, 0.2) is 0 Å². The van der Waals surface area contributed by atoms with Gasteiger partial charge in [0.05, 0.1) is 17.5 Å². The van der Waals surface area contributed by atoms with Crippen LogP contribution in [0.4, 0.5) is 0 Å². The molecule has 1 aromatic heterocycles. The molecule has 6 heteroatoms. The number of nitrogens with zero attached hydrogens (tertiary/aromatic N) is 3. The number of nitrogens with one attached hydrogen (secondary N) is 1. The van der Waals surface area contributed by atoms with E-state index in [2.05, 4.69) is 30.7 Å². The molecule has 1 aliphatic heterocycles. The number of piperazine rings is 1. The average molecular weight is 356 g/mol. The summed E-state index contributed by atoms with van der Waals surface area (Å²) in [6, 6.07) is 5.91. The standard InChI is InChI=1S/C20H28N4O2/c1-14-21-16-6-5-15(11-17(16)22-14)12-18(25)23-7-9-24(10-8-23)19(26)13-20(2,3)4/h5-6,11H,7-10,12-13H2,1-4H3,(H,21,22). The van der Waals surface area contributed by atoms with Crippen LogP contribution >= 0.6 is 0 Å². The Kier molecular flexibility index (Phi) is 5.03. The average Bonchev–Trinajstić information content (AvgIpc) is 2.92. The molecule has 0 unspecified atom stereocenters. The second-order valence-electron chi connectivity index (χ2n) is 8.35. The van der Waals surface area contributed by atoms with E-state index in [0.29, 0.717) is 39.0 Å². The quantitative estimate of drug-likeness (QED) is 0.919. The second kappa shape index (κ2) is 7.09. The molecular weight excluding hydrogens is 328 g/mol. The Balaban J connectivity index is 1.55. The van der Waals surface area contributed by atoms with Crippen molar-refractivity contribution in [1.82, 2.24) is 19.8 Å². The van der Waals surface area contributed by atoms with Crippen LogP contribution in [0.15, 0.2) is 18.2 Å². The molecule has 26 heavy (non-hydrogen) atoms. The summed E-state index contributed by atoms with van der Waals surface area (Å²) in [7, 11) is 0. The Morgan fingerprint density at radius 3 is 2.31 bits per heavy atom. The number of hydrogen-bond donors (Lipinski definition) is 1. The van der Waals surface area contributed by atoms with E-state index in [9.17, 15) is 9.59 Å². The molecule has 140 valence electrons. The van der Waals surface area contributed by atoms with Gasteiger partial charge in [-0.1, -0.05) is 26.8 Å². The zero-order valence-electron chi connectivity index (χ0n) is 16.1. The van der Waals surface area contributed by atoms with E-state index in [4.69, 9.17) is 0 Å². The van der Waals surface area contributed by atoms with E-state index in [1.165, 1.54) is 0 Å². The third kappa shape index (κ3) is 4.42. The molecule has 6 nitrogen and oxygen atoms in total. The normalized spacial score (nSPS) is 15.5. The van der Waals surface area contributed by atoms with Crippen LogP contribution in [0.3, 0.4) is 0 Å². The van der Waals surface area contributed by atoms with Crippen LogP contribution in [0.25, 0.3) is 11.0 Å². The van der Waals surface area contributed by atoms with Gasteiger partial charge in [-0.3, -0.25) is 9.59 Å². The number of aryl methyl sites for hydroxylation is 1. The van der Waals surface area contributed by atoms with E-state index < -0.39 is 0 Å². The van der Waals surface area contributed by atoms with Crippen molar-refractivity contribution in [3.63, 3.8) is 0 Å². The summed E-state index contributed by atoms with van der Waals surface area (Å²) in [5.74, 6) is 1.17. The fraction of sp³-hybridized carbons (Fsp3) is 0.550. The van der Waals surface area contributed by atoms with E-state index >= 15 is 0 Å². The van der Waals surface area contributed by atoms with Crippen molar-refractivity contribution in [1.29, 1.82) is 0 Å². The summed E-state index contributed by atoms with van der Waals surface area (Å²) in [4.78, 5) is 36.3. The van der Waals surface area contributed by atoms with Crippen molar-refractivity contribution in [2.24, 2.45) is 5.41 Å². The largest absolute Gasteiger partial charge is 0.342 e. The molecule has 0 bridgehead atoms. The van der Waals surface area contributed by atoms with Gasteiger partial charge in [0, 0.05) is 32.6 Å². The summed E-state index contributed by atoms with van der Waals surface area (Å²) in [6.45, 7) is 10.6. The lowest BCUT2D eigenvalue weighted by Gasteiger charge is -2.36. The number of carbonyl (C=O) groups excluding carboxylic acids is 2. The maximum absolute atomic E-state index is 12.6. The zero-order chi connectivity index (χ0) is 18.9. The highest BCUT2D eigenvalue weighted by molar-refractivity contribution is 5.82. The molecule has 0 saturated carbocycles. The van der Waals surface area contributed by atoms with Gasteiger partial charge in [0.25, 0.3) is 0 Å². The molecule has 2 amide bonds. The number of H-pyrrole nitrogens is 1. The van der Waals surface area contributed by atoms with Crippen LogP contribution in [0, 0.1) is 12.3 Å². The molecule has 3 rings (SSSR count). The van der Waals surface area contributed by atoms with Gasteiger partial charge in [-0.2, -0.15) is 0 Å². The smallest absolute Gasteiger partial charge is 0.227 e. The lowest BCUT2D eigenvalue weighted by Crippen LogP contribution is -2.51. The Morgan fingerprint density at radius 2 is 1.69 bits per heavy atom. The van der Waals surface area contributed by atoms with E-state index in [1.807, 2.05) is 34.9 Å². The van der Waals surface area contributed by atoms with Crippen molar-refractivity contribution < 1.29 is 9.59 Å². The second-order valence-corrected chi connectivity index (χ2v) is 8.35. The molecular formula is C20H28N4O2. The van der Waals surface area contributed by atoms with Gasteiger partial charge in [0.1, 0.15) is 5.82 Å². The molecule has 2 heterocycles. The lowest BCUT2D eigenvalue weighted by atomic mass is 9.91. The fourth-order valence-electron chi connectivity index (χ4n) is 3.35. The van der Waals surface area contributed by atoms with Crippen LogP contribution in [0.2, 0.25) is 0 Å². The number of aromatic nitrogens is 2. The fourth-order valence-corrected chi connectivity index (χ4v) is 3.35. The molecule has 1 aromatic carbocycles. The molecule has 0 spiro atoms. The van der Waals surface area contributed by atoms with Gasteiger partial charge in [0.2, 0.25) is 11.8 Å². The number of fused-ring (bicyclic) bond motifs is 1. The molecule has 1 N–H and O–H groups in total. The SMILES string of the molecule is Cc1nc2ccc(CC(=O)N3CCN(C(=O)CC(C)(C)C)CC3)cc2[nH]1. The number of hydrogen-bond acceptors (Lipinski definition) is 3. The van der Waals surface area contributed by atoms with Crippen LogP contribution in [0.5, 0.6) is 0 Å². The molecule has 2 aromatic rings. The number of benzene rings is 1. The van der Waals surface area contributed by atoms with Crippen molar-refractivity contribution >= 4 is 22.8 Å². The lowest BCUT2D eigenvalue weighted by molar-refractivity contribution is -0.140. The first kappa shape index (κ1) is 18.4. The Morgan fingerprint density at radius 1 is 1.08 bits per heavy atom. The van der Waals surface area contributed by atoms with Crippen molar-refractivity contribution in [2.45, 2.75) is 40.5 Å². The van der Waals surface area contributed by atoms with Gasteiger partial charge >= 0.3 is 0 Å². The van der Waals surface area contributed by atoms with Crippen molar-refractivity contribution in [3.05, 3.63) is 29.6 Å². The Bertz CT molecular complexity index is 811. The number of imidazole rings is 1.